The maximum absolute atomic E-state index is 12.7. The normalized spacial score (nSPS) is 17.1. The molecule has 1 saturated heterocycles. The number of nitrogens with zero attached hydrogens (tertiary/aromatic N) is 5. The number of nitrogen functional groups attached to an aromatic ring is 1. The lowest BCUT2D eigenvalue weighted by molar-refractivity contribution is -0.137. The highest BCUT2D eigenvalue weighted by molar-refractivity contribution is 5.51. The third-order valence-corrected chi connectivity index (χ3v) is 4.57. The van der Waals surface area contributed by atoms with E-state index in [0.29, 0.717) is 18.2 Å². The maximum Gasteiger partial charge on any atom is 0.416 e. The standard InChI is InChI=1S/C18H18F3N7/c19-18(20,21)12-2-4-14(5-3-12)27-9-6-13(11-27)24-15-10-16(26-17(22)25-15)28-8-1-7-23-28/h1-5,7-8,10,13H,6,9,11H2,(H3,22,24,25,26). The lowest BCUT2D eigenvalue weighted by atomic mass is 10.2. The minimum atomic E-state index is -4.33. The van der Waals surface area contributed by atoms with E-state index in [9.17, 15) is 13.2 Å². The molecule has 28 heavy (non-hydrogen) atoms. The summed E-state index contributed by atoms with van der Waals surface area (Å²) in [5.41, 5.74) is 5.92. The molecular weight excluding hydrogens is 371 g/mol. The predicted molar refractivity (Wildman–Crippen MR) is 99.3 cm³/mol. The van der Waals surface area contributed by atoms with Gasteiger partial charge < -0.3 is 16.0 Å². The van der Waals surface area contributed by atoms with E-state index in [1.54, 1.807) is 29.2 Å². The van der Waals surface area contributed by atoms with Crippen LogP contribution < -0.4 is 16.0 Å². The first kappa shape index (κ1) is 18.1. The maximum atomic E-state index is 12.7. The van der Waals surface area contributed by atoms with Gasteiger partial charge in [0.15, 0.2) is 5.82 Å². The van der Waals surface area contributed by atoms with Crippen LogP contribution in [0.1, 0.15) is 12.0 Å². The van der Waals surface area contributed by atoms with Gasteiger partial charge in [0.1, 0.15) is 5.82 Å². The molecule has 1 fully saturated rings. The number of nitrogens with two attached hydrogens (primary N) is 1. The Morgan fingerprint density at radius 1 is 1.14 bits per heavy atom. The number of alkyl halides is 3. The van der Waals surface area contributed by atoms with Crippen molar-refractivity contribution in [3.8, 4) is 5.82 Å². The number of rotatable bonds is 4. The summed E-state index contributed by atoms with van der Waals surface area (Å²) in [5.74, 6) is 1.27. The number of nitrogens with one attached hydrogen (secondary N) is 1. The molecule has 146 valence electrons. The first-order valence-electron chi connectivity index (χ1n) is 8.72. The molecule has 0 radical (unpaired) electrons. The summed E-state index contributed by atoms with van der Waals surface area (Å²) in [5, 5.41) is 7.46. The van der Waals surface area contributed by atoms with E-state index >= 15 is 0 Å². The van der Waals surface area contributed by atoms with Gasteiger partial charge in [0.05, 0.1) is 5.56 Å². The zero-order valence-electron chi connectivity index (χ0n) is 14.8. The van der Waals surface area contributed by atoms with Gasteiger partial charge >= 0.3 is 6.18 Å². The molecule has 1 unspecified atom stereocenters. The minimum Gasteiger partial charge on any atom is -0.369 e. The van der Waals surface area contributed by atoms with Crippen molar-refractivity contribution >= 4 is 17.5 Å². The number of anilines is 3. The molecule has 10 heteroatoms. The van der Waals surface area contributed by atoms with E-state index in [0.717, 1.165) is 30.8 Å². The number of halogens is 3. The van der Waals surface area contributed by atoms with Crippen molar-refractivity contribution in [1.29, 1.82) is 0 Å². The Hall–Kier alpha value is -3.30. The number of hydrogen-bond donors (Lipinski definition) is 2. The highest BCUT2D eigenvalue weighted by Gasteiger charge is 2.30. The topological polar surface area (TPSA) is 84.9 Å². The van der Waals surface area contributed by atoms with Crippen molar-refractivity contribution in [2.45, 2.75) is 18.6 Å². The van der Waals surface area contributed by atoms with Crippen LogP contribution in [0.4, 0.5) is 30.6 Å². The van der Waals surface area contributed by atoms with Crippen molar-refractivity contribution in [2.24, 2.45) is 0 Å². The summed E-state index contributed by atoms with van der Waals surface area (Å²) in [4.78, 5) is 10.4. The van der Waals surface area contributed by atoms with Gasteiger partial charge in [-0.25, -0.2) is 4.68 Å². The van der Waals surface area contributed by atoms with E-state index in [1.807, 2.05) is 4.90 Å². The van der Waals surface area contributed by atoms with E-state index < -0.39 is 11.7 Å². The van der Waals surface area contributed by atoms with Crippen molar-refractivity contribution in [3.63, 3.8) is 0 Å². The second kappa shape index (κ2) is 7.02. The zero-order valence-corrected chi connectivity index (χ0v) is 14.8. The van der Waals surface area contributed by atoms with E-state index in [4.69, 9.17) is 5.73 Å². The van der Waals surface area contributed by atoms with Gasteiger partial charge in [-0.1, -0.05) is 0 Å². The first-order valence-corrected chi connectivity index (χ1v) is 8.72. The smallest absolute Gasteiger partial charge is 0.369 e. The zero-order chi connectivity index (χ0) is 19.7. The molecule has 0 spiro atoms. The van der Waals surface area contributed by atoms with Gasteiger partial charge in [0, 0.05) is 43.3 Å². The Labute approximate surface area is 159 Å². The Bertz CT molecular complexity index is 939. The number of hydrogen-bond acceptors (Lipinski definition) is 6. The molecule has 0 saturated carbocycles. The summed E-state index contributed by atoms with van der Waals surface area (Å²) in [6, 6.07) is 8.85. The van der Waals surface area contributed by atoms with Crippen LogP contribution in [0.2, 0.25) is 0 Å². The van der Waals surface area contributed by atoms with Gasteiger partial charge in [-0.15, -0.1) is 0 Å². The molecule has 3 N–H and O–H groups in total. The van der Waals surface area contributed by atoms with Gasteiger partial charge in [-0.3, -0.25) is 0 Å². The van der Waals surface area contributed by atoms with Crippen LogP contribution in [-0.2, 0) is 6.18 Å². The highest BCUT2D eigenvalue weighted by atomic mass is 19.4. The van der Waals surface area contributed by atoms with Crippen molar-refractivity contribution < 1.29 is 13.2 Å². The molecular formula is C18H18F3N7. The van der Waals surface area contributed by atoms with Gasteiger partial charge in [-0.05, 0) is 36.8 Å². The minimum absolute atomic E-state index is 0.0852. The lowest BCUT2D eigenvalue weighted by Gasteiger charge is -2.20. The fourth-order valence-corrected chi connectivity index (χ4v) is 3.23. The monoisotopic (exact) mass is 389 g/mol. The fraction of sp³-hybridized carbons (Fsp3) is 0.278. The summed E-state index contributed by atoms with van der Waals surface area (Å²) in [7, 11) is 0. The fourth-order valence-electron chi connectivity index (χ4n) is 3.23. The summed E-state index contributed by atoms with van der Waals surface area (Å²) in [6.45, 7) is 1.38. The first-order chi connectivity index (χ1) is 13.4. The van der Waals surface area contributed by atoms with Crippen LogP contribution in [0, 0.1) is 0 Å². The summed E-state index contributed by atoms with van der Waals surface area (Å²) >= 11 is 0. The van der Waals surface area contributed by atoms with Crippen molar-refractivity contribution in [2.75, 3.05) is 29.0 Å². The highest BCUT2D eigenvalue weighted by Crippen LogP contribution is 2.31. The van der Waals surface area contributed by atoms with Gasteiger partial charge in [-0.2, -0.15) is 28.2 Å². The summed E-state index contributed by atoms with van der Waals surface area (Å²) < 4.78 is 39.7. The number of aromatic nitrogens is 4. The van der Waals surface area contributed by atoms with E-state index in [-0.39, 0.29) is 12.0 Å². The van der Waals surface area contributed by atoms with Crippen LogP contribution in [0.5, 0.6) is 0 Å². The molecule has 0 bridgehead atoms. The van der Waals surface area contributed by atoms with E-state index in [2.05, 4.69) is 20.4 Å². The van der Waals surface area contributed by atoms with Gasteiger partial charge in [0.25, 0.3) is 0 Å². The van der Waals surface area contributed by atoms with Crippen LogP contribution in [-0.4, -0.2) is 38.9 Å². The Morgan fingerprint density at radius 2 is 1.93 bits per heavy atom. The molecule has 2 aromatic heterocycles. The van der Waals surface area contributed by atoms with Crippen molar-refractivity contribution in [1.82, 2.24) is 19.7 Å². The Balaban J connectivity index is 1.44. The predicted octanol–water partition coefficient (Wildman–Crippen LogP) is 2.95. The van der Waals surface area contributed by atoms with Crippen molar-refractivity contribution in [3.05, 3.63) is 54.4 Å². The molecule has 1 atom stereocenters. The molecule has 7 nitrogen and oxygen atoms in total. The molecule has 1 aliphatic rings. The van der Waals surface area contributed by atoms with Crippen LogP contribution in [0.3, 0.4) is 0 Å². The van der Waals surface area contributed by atoms with Crippen LogP contribution in [0.15, 0.2) is 48.8 Å². The lowest BCUT2D eigenvalue weighted by Crippen LogP contribution is -2.26. The summed E-state index contributed by atoms with van der Waals surface area (Å²) in [6.07, 6.45) is -0.105. The second-order valence-corrected chi connectivity index (χ2v) is 6.54. The quantitative estimate of drug-likeness (QED) is 0.714. The molecule has 0 aliphatic carbocycles. The average molecular weight is 389 g/mol. The number of benzene rings is 1. The molecule has 1 aromatic carbocycles. The third kappa shape index (κ3) is 3.85. The SMILES string of the molecule is Nc1nc(NC2CCN(c3ccc(C(F)(F)F)cc3)C2)cc(-n2cccn2)n1. The van der Waals surface area contributed by atoms with Crippen LogP contribution >= 0.6 is 0 Å². The Morgan fingerprint density at radius 3 is 2.61 bits per heavy atom. The van der Waals surface area contributed by atoms with Crippen LogP contribution in [0.25, 0.3) is 5.82 Å². The molecule has 3 aromatic rings. The average Bonchev–Trinajstić information content (AvgIpc) is 3.33. The van der Waals surface area contributed by atoms with E-state index in [1.165, 1.54) is 12.1 Å². The van der Waals surface area contributed by atoms with Gasteiger partial charge in [0.2, 0.25) is 5.95 Å². The Kier molecular flexibility index (Phi) is 4.54. The second-order valence-electron chi connectivity index (χ2n) is 6.54. The largest absolute Gasteiger partial charge is 0.416 e. The molecule has 1 aliphatic heterocycles. The molecule has 0 amide bonds. The molecule has 4 rings (SSSR count). The molecule has 3 heterocycles. The third-order valence-electron chi connectivity index (χ3n) is 4.57.